The SMILES string of the molecule is CC(C)NCC(N)CCc1cccc2ccccc12. The molecule has 2 rings (SSSR count). The van der Waals surface area contributed by atoms with Crippen molar-refractivity contribution in [3.05, 3.63) is 48.0 Å². The first kappa shape index (κ1) is 14.0. The molecule has 102 valence electrons. The van der Waals surface area contributed by atoms with Crippen molar-refractivity contribution in [3.8, 4) is 0 Å². The van der Waals surface area contributed by atoms with Crippen LogP contribution in [0.5, 0.6) is 0 Å². The van der Waals surface area contributed by atoms with Gasteiger partial charge in [-0.2, -0.15) is 0 Å². The van der Waals surface area contributed by atoms with Crippen LogP contribution in [0.25, 0.3) is 10.8 Å². The lowest BCUT2D eigenvalue weighted by atomic mass is 9.99. The minimum atomic E-state index is 0.223. The molecule has 0 spiro atoms. The summed E-state index contributed by atoms with van der Waals surface area (Å²) in [6.07, 6.45) is 2.07. The zero-order valence-corrected chi connectivity index (χ0v) is 11.9. The summed E-state index contributed by atoms with van der Waals surface area (Å²) in [5.41, 5.74) is 7.55. The fourth-order valence-corrected chi connectivity index (χ4v) is 2.34. The summed E-state index contributed by atoms with van der Waals surface area (Å²) in [5, 5.41) is 6.06. The highest BCUT2D eigenvalue weighted by molar-refractivity contribution is 5.85. The summed E-state index contributed by atoms with van der Waals surface area (Å²) < 4.78 is 0. The summed E-state index contributed by atoms with van der Waals surface area (Å²) in [4.78, 5) is 0. The summed E-state index contributed by atoms with van der Waals surface area (Å²) in [6.45, 7) is 5.19. The quantitative estimate of drug-likeness (QED) is 0.833. The molecule has 0 aliphatic rings. The minimum Gasteiger partial charge on any atom is -0.327 e. The van der Waals surface area contributed by atoms with Crippen LogP contribution >= 0.6 is 0 Å². The van der Waals surface area contributed by atoms with Crippen molar-refractivity contribution in [1.82, 2.24) is 5.32 Å². The van der Waals surface area contributed by atoms with Gasteiger partial charge in [-0.25, -0.2) is 0 Å². The van der Waals surface area contributed by atoms with Gasteiger partial charge in [-0.3, -0.25) is 0 Å². The fourth-order valence-electron chi connectivity index (χ4n) is 2.34. The second-order valence-corrected chi connectivity index (χ2v) is 5.50. The highest BCUT2D eigenvalue weighted by Crippen LogP contribution is 2.19. The molecular formula is C17H24N2. The lowest BCUT2D eigenvalue weighted by Gasteiger charge is -2.15. The van der Waals surface area contributed by atoms with Gasteiger partial charge in [-0.1, -0.05) is 56.3 Å². The second kappa shape index (κ2) is 6.69. The molecule has 0 aliphatic heterocycles. The van der Waals surface area contributed by atoms with E-state index in [0.29, 0.717) is 6.04 Å². The van der Waals surface area contributed by atoms with Crippen molar-refractivity contribution in [2.75, 3.05) is 6.54 Å². The molecule has 0 aromatic heterocycles. The second-order valence-electron chi connectivity index (χ2n) is 5.50. The van der Waals surface area contributed by atoms with Gasteiger partial charge in [0.2, 0.25) is 0 Å². The van der Waals surface area contributed by atoms with E-state index >= 15 is 0 Å². The van der Waals surface area contributed by atoms with Gasteiger partial charge in [-0.05, 0) is 29.2 Å². The third-order valence-electron chi connectivity index (χ3n) is 3.45. The Balaban J connectivity index is 1.98. The molecule has 2 heteroatoms. The van der Waals surface area contributed by atoms with E-state index in [-0.39, 0.29) is 6.04 Å². The molecule has 2 aromatic carbocycles. The first-order valence-corrected chi connectivity index (χ1v) is 7.12. The monoisotopic (exact) mass is 256 g/mol. The lowest BCUT2D eigenvalue weighted by Crippen LogP contribution is -2.37. The van der Waals surface area contributed by atoms with Crippen molar-refractivity contribution in [3.63, 3.8) is 0 Å². The third kappa shape index (κ3) is 4.05. The van der Waals surface area contributed by atoms with E-state index in [1.807, 2.05) is 0 Å². The van der Waals surface area contributed by atoms with E-state index in [2.05, 4.69) is 61.6 Å². The Labute approximate surface area is 116 Å². The van der Waals surface area contributed by atoms with Crippen molar-refractivity contribution in [1.29, 1.82) is 0 Å². The van der Waals surface area contributed by atoms with Gasteiger partial charge in [0.25, 0.3) is 0 Å². The van der Waals surface area contributed by atoms with E-state index in [9.17, 15) is 0 Å². The number of rotatable bonds is 6. The van der Waals surface area contributed by atoms with E-state index < -0.39 is 0 Å². The minimum absolute atomic E-state index is 0.223. The molecule has 1 unspecified atom stereocenters. The van der Waals surface area contributed by atoms with Gasteiger partial charge in [0, 0.05) is 18.6 Å². The van der Waals surface area contributed by atoms with Crippen molar-refractivity contribution in [2.24, 2.45) is 5.73 Å². The molecule has 19 heavy (non-hydrogen) atoms. The van der Waals surface area contributed by atoms with Crippen LogP contribution in [-0.4, -0.2) is 18.6 Å². The zero-order valence-electron chi connectivity index (χ0n) is 11.9. The fraction of sp³-hybridized carbons (Fsp3) is 0.412. The number of hydrogen-bond acceptors (Lipinski definition) is 2. The van der Waals surface area contributed by atoms with Gasteiger partial charge < -0.3 is 11.1 Å². The first-order chi connectivity index (χ1) is 9.16. The Morgan fingerprint density at radius 1 is 1.05 bits per heavy atom. The van der Waals surface area contributed by atoms with Gasteiger partial charge in [0.1, 0.15) is 0 Å². The molecule has 1 atom stereocenters. The molecule has 0 heterocycles. The topological polar surface area (TPSA) is 38.0 Å². The lowest BCUT2D eigenvalue weighted by molar-refractivity contribution is 0.505. The number of hydrogen-bond donors (Lipinski definition) is 2. The third-order valence-corrected chi connectivity index (χ3v) is 3.45. The van der Waals surface area contributed by atoms with E-state index in [4.69, 9.17) is 5.73 Å². The predicted molar refractivity (Wildman–Crippen MR) is 83.4 cm³/mol. The molecule has 0 radical (unpaired) electrons. The van der Waals surface area contributed by atoms with Crippen LogP contribution in [0.3, 0.4) is 0 Å². The van der Waals surface area contributed by atoms with Crippen molar-refractivity contribution in [2.45, 2.75) is 38.8 Å². The first-order valence-electron chi connectivity index (χ1n) is 7.12. The molecular weight excluding hydrogens is 232 g/mol. The molecule has 2 aromatic rings. The standard InChI is InChI=1S/C17H24N2/c1-13(2)19-12-16(18)11-10-15-8-5-7-14-6-3-4-9-17(14)15/h3-9,13,16,19H,10-12,18H2,1-2H3. The van der Waals surface area contributed by atoms with Crippen LogP contribution in [-0.2, 0) is 6.42 Å². The number of nitrogens with one attached hydrogen (secondary N) is 1. The maximum Gasteiger partial charge on any atom is 0.0168 e. The molecule has 0 fully saturated rings. The highest BCUT2D eigenvalue weighted by atomic mass is 14.9. The van der Waals surface area contributed by atoms with Gasteiger partial charge >= 0.3 is 0 Å². The smallest absolute Gasteiger partial charge is 0.0168 e. The number of aryl methyl sites for hydroxylation is 1. The Morgan fingerprint density at radius 3 is 2.58 bits per heavy atom. The number of benzene rings is 2. The molecule has 0 saturated carbocycles. The highest BCUT2D eigenvalue weighted by Gasteiger charge is 2.06. The molecule has 0 aliphatic carbocycles. The summed E-state index contributed by atoms with van der Waals surface area (Å²) in [5.74, 6) is 0. The molecule has 0 bridgehead atoms. The van der Waals surface area contributed by atoms with Gasteiger partial charge in [0.05, 0.1) is 0 Å². The maximum atomic E-state index is 6.15. The van der Waals surface area contributed by atoms with Crippen LogP contribution in [0.2, 0.25) is 0 Å². The zero-order chi connectivity index (χ0) is 13.7. The van der Waals surface area contributed by atoms with Crippen molar-refractivity contribution < 1.29 is 0 Å². The molecule has 2 nitrogen and oxygen atoms in total. The number of nitrogens with two attached hydrogens (primary N) is 1. The average Bonchev–Trinajstić information content (AvgIpc) is 2.42. The van der Waals surface area contributed by atoms with Gasteiger partial charge in [0.15, 0.2) is 0 Å². The van der Waals surface area contributed by atoms with Gasteiger partial charge in [-0.15, -0.1) is 0 Å². The Bertz CT molecular complexity index is 514. The number of fused-ring (bicyclic) bond motifs is 1. The van der Waals surface area contributed by atoms with Crippen LogP contribution in [0.15, 0.2) is 42.5 Å². The Kier molecular flexibility index (Phi) is 4.94. The van der Waals surface area contributed by atoms with Crippen LogP contribution < -0.4 is 11.1 Å². The molecule has 3 N–H and O–H groups in total. The maximum absolute atomic E-state index is 6.15. The van der Waals surface area contributed by atoms with Crippen molar-refractivity contribution >= 4 is 10.8 Å². The largest absolute Gasteiger partial charge is 0.327 e. The van der Waals surface area contributed by atoms with E-state index in [1.54, 1.807) is 0 Å². The molecule has 0 saturated heterocycles. The molecule has 0 amide bonds. The summed E-state index contributed by atoms with van der Waals surface area (Å²) in [7, 11) is 0. The van der Waals surface area contributed by atoms with Crippen LogP contribution in [0.1, 0.15) is 25.8 Å². The van der Waals surface area contributed by atoms with E-state index in [0.717, 1.165) is 19.4 Å². The normalized spacial score (nSPS) is 13.1. The predicted octanol–water partition coefficient (Wildman–Crippen LogP) is 3.10. The summed E-state index contributed by atoms with van der Waals surface area (Å²) >= 11 is 0. The van der Waals surface area contributed by atoms with Crippen LogP contribution in [0, 0.1) is 0 Å². The van der Waals surface area contributed by atoms with Crippen LogP contribution in [0.4, 0.5) is 0 Å². The Morgan fingerprint density at radius 2 is 1.79 bits per heavy atom. The summed E-state index contributed by atoms with van der Waals surface area (Å²) in [6, 6.07) is 15.8. The Hall–Kier alpha value is -1.38. The average molecular weight is 256 g/mol. The van der Waals surface area contributed by atoms with E-state index in [1.165, 1.54) is 16.3 Å².